The fourth-order valence-electron chi connectivity index (χ4n) is 2.78. The normalized spacial score (nSPS) is 17.3. The second kappa shape index (κ2) is 5.37. The van der Waals surface area contributed by atoms with E-state index in [4.69, 9.17) is 5.73 Å². The summed E-state index contributed by atoms with van der Waals surface area (Å²) in [6.07, 6.45) is 2.71. The van der Waals surface area contributed by atoms with Gasteiger partial charge >= 0.3 is 0 Å². The Bertz CT molecular complexity index is 636. The summed E-state index contributed by atoms with van der Waals surface area (Å²) in [4.78, 5) is 12.3. The molecule has 0 bridgehead atoms. The lowest BCUT2D eigenvalue weighted by molar-refractivity contribution is -0.120. The first kappa shape index (κ1) is 12.7. The van der Waals surface area contributed by atoms with Gasteiger partial charge in [0, 0.05) is 17.3 Å². The van der Waals surface area contributed by atoms with Crippen LogP contribution in [0.1, 0.15) is 17.5 Å². The quantitative estimate of drug-likeness (QED) is 0.821. The average Bonchev–Trinajstić information content (AvgIpc) is 2.47. The Kier molecular flexibility index (Phi) is 3.42. The predicted molar refractivity (Wildman–Crippen MR) is 81.4 cm³/mol. The first-order valence-corrected chi connectivity index (χ1v) is 6.95. The van der Waals surface area contributed by atoms with Crippen LogP contribution in [0.5, 0.6) is 0 Å². The van der Waals surface area contributed by atoms with Crippen LogP contribution in [0, 0.1) is 5.92 Å². The molecule has 0 heterocycles. The minimum atomic E-state index is 0.0475. The van der Waals surface area contributed by atoms with Crippen LogP contribution in [-0.2, 0) is 17.6 Å². The van der Waals surface area contributed by atoms with Crippen molar-refractivity contribution in [3.8, 4) is 0 Å². The van der Waals surface area contributed by atoms with Crippen molar-refractivity contribution in [2.45, 2.75) is 19.3 Å². The van der Waals surface area contributed by atoms with Gasteiger partial charge in [-0.2, -0.15) is 0 Å². The summed E-state index contributed by atoms with van der Waals surface area (Å²) >= 11 is 0. The van der Waals surface area contributed by atoms with E-state index in [1.807, 2.05) is 24.3 Å². The maximum absolute atomic E-state index is 12.3. The summed E-state index contributed by atoms with van der Waals surface area (Å²) in [7, 11) is 0. The van der Waals surface area contributed by atoms with E-state index in [9.17, 15) is 4.79 Å². The standard InChI is InChI=1S/C17H18N2O/c18-15-6-3-7-16(11-15)19-17(20)14-9-8-12-4-1-2-5-13(12)10-14/h1-7,11,14H,8-10,18H2,(H,19,20). The Balaban J connectivity index is 1.70. The summed E-state index contributed by atoms with van der Waals surface area (Å²) < 4.78 is 0. The molecule has 3 nitrogen and oxygen atoms in total. The van der Waals surface area contributed by atoms with Gasteiger partial charge in [0.05, 0.1) is 0 Å². The highest BCUT2D eigenvalue weighted by Crippen LogP contribution is 2.26. The largest absolute Gasteiger partial charge is 0.399 e. The van der Waals surface area contributed by atoms with Crippen LogP contribution in [0.4, 0.5) is 11.4 Å². The molecule has 3 rings (SSSR count). The highest BCUT2D eigenvalue weighted by atomic mass is 16.1. The van der Waals surface area contributed by atoms with Crippen molar-refractivity contribution in [3.63, 3.8) is 0 Å². The van der Waals surface area contributed by atoms with Gasteiger partial charge < -0.3 is 11.1 Å². The van der Waals surface area contributed by atoms with Gasteiger partial charge in [0.1, 0.15) is 0 Å². The molecule has 2 aromatic rings. The molecule has 1 aliphatic rings. The number of fused-ring (bicyclic) bond motifs is 1. The van der Waals surface area contributed by atoms with Gasteiger partial charge in [0.25, 0.3) is 0 Å². The van der Waals surface area contributed by atoms with Crippen molar-refractivity contribution in [1.82, 2.24) is 0 Å². The van der Waals surface area contributed by atoms with E-state index in [0.717, 1.165) is 24.9 Å². The number of nitrogens with two attached hydrogens (primary N) is 1. The molecular weight excluding hydrogens is 248 g/mol. The molecule has 1 unspecified atom stereocenters. The number of amides is 1. The smallest absolute Gasteiger partial charge is 0.227 e. The Morgan fingerprint density at radius 2 is 1.90 bits per heavy atom. The van der Waals surface area contributed by atoms with E-state index in [1.165, 1.54) is 11.1 Å². The molecule has 0 saturated heterocycles. The molecule has 3 N–H and O–H groups in total. The van der Waals surface area contributed by atoms with Crippen LogP contribution in [0.2, 0.25) is 0 Å². The molecule has 0 aliphatic heterocycles. The summed E-state index contributed by atoms with van der Waals surface area (Å²) in [6, 6.07) is 15.7. The highest BCUT2D eigenvalue weighted by molar-refractivity contribution is 5.93. The summed E-state index contributed by atoms with van der Waals surface area (Å²) in [5, 5.41) is 2.96. The average molecular weight is 266 g/mol. The minimum absolute atomic E-state index is 0.0475. The van der Waals surface area contributed by atoms with E-state index in [1.54, 1.807) is 6.07 Å². The number of aryl methyl sites for hydroxylation is 1. The Morgan fingerprint density at radius 1 is 1.10 bits per heavy atom. The number of carbonyl (C=O) groups excluding carboxylic acids is 1. The second-order valence-electron chi connectivity index (χ2n) is 5.32. The van der Waals surface area contributed by atoms with Crippen LogP contribution in [-0.4, -0.2) is 5.91 Å². The van der Waals surface area contributed by atoms with Crippen molar-refractivity contribution >= 4 is 17.3 Å². The van der Waals surface area contributed by atoms with E-state index < -0.39 is 0 Å². The van der Waals surface area contributed by atoms with Crippen molar-refractivity contribution in [2.24, 2.45) is 5.92 Å². The fraction of sp³-hybridized carbons (Fsp3) is 0.235. The van der Waals surface area contributed by atoms with Crippen LogP contribution in [0.25, 0.3) is 0 Å². The number of nitrogens with one attached hydrogen (secondary N) is 1. The topological polar surface area (TPSA) is 55.1 Å². The molecule has 0 radical (unpaired) electrons. The van der Waals surface area contributed by atoms with Gasteiger partial charge in [-0.15, -0.1) is 0 Å². The Hall–Kier alpha value is -2.29. The van der Waals surface area contributed by atoms with Crippen LogP contribution >= 0.6 is 0 Å². The molecule has 1 aliphatic carbocycles. The molecule has 0 spiro atoms. The predicted octanol–water partition coefficient (Wildman–Crippen LogP) is 3.01. The molecule has 2 aromatic carbocycles. The third-order valence-electron chi connectivity index (χ3n) is 3.87. The van der Waals surface area contributed by atoms with Crippen molar-refractivity contribution < 1.29 is 4.79 Å². The monoisotopic (exact) mass is 266 g/mol. The molecule has 102 valence electrons. The van der Waals surface area contributed by atoms with Crippen LogP contribution in [0.15, 0.2) is 48.5 Å². The highest BCUT2D eigenvalue weighted by Gasteiger charge is 2.24. The van der Waals surface area contributed by atoms with Gasteiger partial charge in [-0.1, -0.05) is 30.3 Å². The zero-order valence-corrected chi connectivity index (χ0v) is 11.3. The fourth-order valence-corrected chi connectivity index (χ4v) is 2.78. The van der Waals surface area contributed by atoms with Crippen LogP contribution in [0.3, 0.4) is 0 Å². The summed E-state index contributed by atoms with van der Waals surface area (Å²) in [5.74, 6) is 0.136. The number of carbonyl (C=O) groups is 1. The molecular formula is C17H18N2O. The molecule has 0 fully saturated rings. The lowest BCUT2D eigenvalue weighted by Gasteiger charge is -2.23. The van der Waals surface area contributed by atoms with Crippen molar-refractivity contribution in [2.75, 3.05) is 11.1 Å². The second-order valence-corrected chi connectivity index (χ2v) is 5.32. The van der Waals surface area contributed by atoms with Gasteiger partial charge in [-0.3, -0.25) is 4.79 Å². The van der Waals surface area contributed by atoms with Crippen molar-refractivity contribution in [3.05, 3.63) is 59.7 Å². The zero-order valence-electron chi connectivity index (χ0n) is 11.3. The van der Waals surface area contributed by atoms with E-state index in [-0.39, 0.29) is 11.8 Å². The van der Waals surface area contributed by atoms with E-state index in [2.05, 4.69) is 23.5 Å². The minimum Gasteiger partial charge on any atom is -0.399 e. The SMILES string of the molecule is Nc1cccc(NC(=O)C2CCc3ccccc3C2)c1. The number of anilines is 2. The first-order chi connectivity index (χ1) is 9.72. The molecule has 1 amide bonds. The van der Waals surface area contributed by atoms with E-state index in [0.29, 0.717) is 5.69 Å². The van der Waals surface area contributed by atoms with Gasteiger partial charge in [-0.25, -0.2) is 0 Å². The number of hydrogen-bond acceptors (Lipinski definition) is 2. The summed E-state index contributed by atoms with van der Waals surface area (Å²) in [5.41, 5.74) is 9.83. The number of nitrogen functional groups attached to an aromatic ring is 1. The third kappa shape index (κ3) is 2.67. The van der Waals surface area contributed by atoms with Gasteiger partial charge in [0.15, 0.2) is 0 Å². The van der Waals surface area contributed by atoms with Crippen LogP contribution < -0.4 is 11.1 Å². The Morgan fingerprint density at radius 3 is 2.70 bits per heavy atom. The first-order valence-electron chi connectivity index (χ1n) is 6.95. The maximum atomic E-state index is 12.3. The molecule has 0 saturated carbocycles. The molecule has 20 heavy (non-hydrogen) atoms. The van der Waals surface area contributed by atoms with Gasteiger partial charge in [0.2, 0.25) is 5.91 Å². The molecule has 1 atom stereocenters. The molecule has 0 aromatic heterocycles. The summed E-state index contributed by atoms with van der Waals surface area (Å²) in [6.45, 7) is 0. The lowest BCUT2D eigenvalue weighted by atomic mass is 9.83. The number of benzene rings is 2. The Labute approximate surface area is 118 Å². The third-order valence-corrected chi connectivity index (χ3v) is 3.87. The lowest BCUT2D eigenvalue weighted by Crippen LogP contribution is -2.28. The van der Waals surface area contributed by atoms with Crippen molar-refractivity contribution in [1.29, 1.82) is 0 Å². The number of hydrogen-bond donors (Lipinski definition) is 2. The number of rotatable bonds is 2. The van der Waals surface area contributed by atoms with E-state index >= 15 is 0 Å². The maximum Gasteiger partial charge on any atom is 0.227 e. The molecule has 3 heteroatoms. The van der Waals surface area contributed by atoms with Gasteiger partial charge in [-0.05, 0) is 48.6 Å². The zero-order chi connectivity index (χ0) is 13.9.